The number of aromatic nitrogens is 1. The molecule has 0 spiro atoms. The molecule has 19 heavy (non-hydrogen) atoms. The lowest BCUT2D eigenvalue weighted by Crippen LogP contribution is -2.01. The van der Waals surface area contributed by atoms with Crippen LogP contribution in [0.15, 0.2) is 30.5 Å². The number of nitrogens with one attached hydrogen (secondary N) is 1. The van der Waals surface area contributed by atoms with Gasteiger partial charge < -0.3 is 19.2 Å². The first-order valence-electron chi connectivity index (χ1n) is 5.69. The van der Waals surface area contributed by atoms with E-state index in [9.17, 15) is 4.79 Å². The van der Waals surface area contributed by atoms with E-state index in [0.29, 0.717) is 22.8 Å². The number of benzene rings is 1. The molecule has 1 aromatic carbocycles. The normalized spacial score (nSPS) is 10.1. The Labute approximate surface area is 111 Å². The van der Waals surface area contributed by atoms with Crippen LogP contribution in [0.1, 0.15) is 10.4 Å². The summed E-state index contributed by atoms with van der Waals surface area (Å²) in [5.74, 6) is 0.855. The molecule has 0 saturated heterocycles. The first-order valence-corrected chi connectivity index (χ1v) is 5.69. The van der Waals surface area contributed by atoms with Crippen molar-refractivity contribution in [2.75, 3.05) is 21.3 Å². The number of hydrogen-bond acceptors (Lipinski definition) is 4. The van der Waals surface area contributed by atoms with Gasteiger partial charge in [0.05, 0.1) is 32.6 Å². The van der Waals surface area contributed by atoms with Crippen LogP contribution in [0.5, 0.6) is 11.5 Å². The van der Waals surface area contributed by atoms with E-state index in [-0.39, 0.29) is 5.97 Å². The van der Waals surface area contributed by atoms with Crippen molar-refractivity contribution in [1.82, 2.24) is 4.98 Å². The van der Waals surface area contributed by atoms with Gasteiger partial charge in [0.2, 0.25) is 0 Å². The number of aromatic amines is 1. The highest BCUT2D eigenvalue weighted by Gasteiger charge is 2.15. The fourth-order valence-electron chi connectivity index (χ4n) is 1.88. The molecule has 0 atom stereocenters. The van der Waals surface area contributed by atoms with Gasteiger partial charge in [-0.05, 0) is 24.3 Å². The Bertz CT molecular complexity index is 589. The molecule has 0 saturated carbocycles. The minimum absolute atomic E-state index is 0.383. The summed E-state index contributed by atoms with van der Waals surface area (Å²) in [6, 6.07) is 7.12. The summed E-state index contributed by atoms with van der Waals surface area (Å²) in [5.41, 5.74) is 1.99. The minimum Gasteiger partial charge on any atom is -0.493 e. The highest BCUT2D eigenvalue weighted by atomic mass is 16.5. The van der Waals surface area contributed by atoms with Crippen LogP contribution in [0.3, 0.4) is 0 Å². The third-order valence-electron chi connectivity index (χ3n) is 2.82. The molecule has 0 fully saturated rings. The molecule has 0 aliphatic rings. The lowest BCUT2D eigenvalue weighted by molar-refractivity contribution is 0.0602. The molecule has 0 unspecified atom stereocenters. The fraction of sp³-hybridized carbons (Fsp3) is 0.214. The van der Waals surface area contributed by atoms with Crippen molar-refractivity contribution in [3.05, 3.63) is 36.0 Å². The first-order chi connectivity index (χ1) is 9.21. The summed E-state index contributed by atoms with van der Waals surface area (Å²) < 4.78 is 15.2. The van der Waals surface area contributed by atoms with E-state index >= 15 is 0 Å². The van der Waals surface area contributed by atoms with Crippen LogP contribution in [-0.2, 0) is 4.74 Å². The lowest BCUT2D eigenvalue weighted by atomic mass is 10.1. The second kappa shape index (κ2) is 5.48. The number of ether oxygens (including phenoxy) is 3. The van der Waals surface area contributed by atoms with Gasteiger partial charge in [0.1, 0.15) is 0 Å². The molecular weight excluding hydrogens is 246 g/mol. The maximum absolute atomic E-state index is 11.6. The predicted molar refractivity (Wildman–Crippen MR) is 70.7 cm³/mol. The minimum atomic E-state index is -0.383. The Kier molecular flexibility index (Phi) is 3.75. The highest BCUT2D eigenvalue weighted by molar-refractivity contribution is 5.96. The van der Waals surface area contributed by atoms with E-state index < -0.39 is 0 Å². The standard InChI is InChI=1S/C14H15NO4/c1-17-11-5-4-9(8-12(11)18-2)13-10(6-7-15-13)14(16)19-3/h4-8,15H,1-3H3. The lowest BCUT2D eigenvalue weighted by Gasteiger charge is -2.09. The smallest absolute Gasteiger partial charge is 0.340 e. The number of rotatable bonds is 4. The summed E-state index contributed by atoms with van der Waals surface area (Å²) in [6.07, 6.45) is 1.69. The molecule has 0 amide bonds. The number of methoxy groups -OCH3 is 3. The van der Waals surface area contributed by atoms with Crippen LogP contribution in [-0.4, -0.2) is 32.3 Å². The predicted octanol–water partition coefficient (Wildman–Crippen LogP) is 2.49. The highest BCUT2D eigenvalue weighted by Crippen LogP contribution is 2.33. The van der Waals surface area contributed by atoms with Gasteiger partial charge in [0, 0.05) is 11.8 Å². The maximum atomic E-state index is 11.6. The topological polar surface area (TPSA) is 60.6 Å². The van der Waals surface area contributed by atoms with Crippen molar-refractivity contribution in [1.29, 1.82) is 0 Å². The molecule has 100 valence electrons. The second-order valence-corrected chi connectivity index (χ2v) is 3.83. The van der Waals surface area contributed by atoms with Crippen LogP contribution >= 0.6 is 0 Å². The van der Waals surface area contributed by atoms with Crippen molar-refractivity contribution in [3.8, 4) is 22.8 Å². The Morgan fingerprint density at radius 2 is 1.79 bits per heavy atom. The van der Waals surface area contributed by atoms with E-state index in [0.717, 1.165) is 5.56 Å². The number of hydrogen-bond donors (Lipinski definition) is 1. The van der Waals surface area contributed by atoms with Crippen molar-refractivity contribution in [3.63, 3.8) is 0 Å². The van der Waals surface area contributed by atoms with E-state index in [2.05, 4.69) is 4.98 Å². The Morgan fingerprint density at radius 1 is 1.05 bits per heavy atom. The summed E-state index contributed by atoms with van der Waals surface area (Å²) >= 11 is 0. The third-order valence-corrected chi connectivity index (χ3v) is 2.82. The molecule has 2 rings (SSSR count). The van der Waals surface area contributed by atoms with Gasteiger partial charge in [-0.15, -0.1) is 0 Å². The molecular formula is C14H15NO4. The van der Waals surface area contributed by atoms with Gasteiger partial charge in [-0.3, -0.25) is 0 Å². The van der Waals surface area contributed by atoms with Gasteiger partial charge >= 0.3 is 5.97 Å². The van der Waals surface area contributed by atoms with E-state index in [1.165, 1.54) is 7.11 Å². The number of esters is 1. The van der Waals surface area contributed by atoms with Gasteiger partial charge in [0.15, 0.2) is 11.5 Å². The summed E-state index contributed by atoms with van der Waals surface area (Å²) in [4.78, 5) is 14.7. The molecule has 5 nitrogen and oxygen atoms in total. The molecule has 1 aromatic heterocycles. The van der Waals surface area contributed by atoms with Crippen molar-refractivity contribution in [2.24, 2.45) is 0 Å². The first kappa shape index (κ1) is 13.0. The molecule has 0 bridgehead atoms. The monoisotopic (exact) mass is 261 g/mol. The Balaban J connectivity index is 2.48. The van der Waals surface area contributed by atoms with Crippen LogP contribution in [0.25, 0.3) is 11.3 Å². The Hall–Kier alpha value is -2.43. The SMILES string of the molecule is COC(=O)c1cc[nH]c1-c1ccc(OC)c(OC)c1. The van der Waals surface area contributed by atoms with Crippen LogP contribution < -0.4 is 9.47 Å². The van der Waals surface area contributed by atoms with Gasteiger partial charge in [-0.2, -0.15) is 0 Å². The quantitative estimate of drug-likeness (QED) is 0.859. The van der Waals surface area contributed by atoms with Gasteiger partial charge in [0.25, 0.3) is 0 Å². The molecule has 1 N–H and O–H groups in total. The zero-order chi connectivity index (χ0) is 13.8. The zero-order valence-corrected chi connectivity index (χ0v) is 11.0. The van der Waals surface area contributed by atoms with Crippen LogP contribution in [0.4, 0.5) is 0 Å². The van der Waals surface area contributed by atoms with Gasteiger partial charge in [-0.25, -0.2) is 4.79 Å². The van der Waals surface area contributed by atoms with Crippen molar-refractivity contribution in [2.45, 2.75) is 0 Å². The molecule has 0 radical (unpaired) electrons. The summed E-state index contributed by atoms with van der Waals surface area (Å²) in [7, 11) is 4.50. The number of carbonyl (C=O) groups is 1. The third kappa shape index (κ3) is 2.40. The average molecular weight is 261 g/mol. The number of H-pyrrole nitrogens is 1. The molecule has 2 aromatic rings. The zero-order valence-electron chi connectivity index (χ0n) is 11.0. The Morgan fingerprint density at radius 3 is 2.42 bits per heavy atom. The van der Waals surface area contributed by atoms with Gasteiger partial charge in [-0.1, -0.05) is 0 Å². The molecule has 1 heterocycles. The maximum Gasteiger partial charge on any atom is 0.340 e. The van der Waals surface area contributed by atoms with Crippen molar-refractivity contribution >= 4 is 5.97 Å². The molecule has 0 aliphatic carbocycles. The van der Waals surface area contributed by atoms with E-state index in [4.69, 9.17) is 14.2 Å². The van der Waals surface area contributed by atoms with Crippen LogP contribution in [0.2, 0.25) is 0 Å². The van der Waals surface area contributed by atoms with Crippen molar-refractivity contribution < 1.29 is 19.0 Å². The van der Waals surface area contributed by atoms with E-state index in [1.807, 2.05) is 6.07 Å². The summed E-state index contributed by atoms with van der Waals surface area (Å²) in [6.45, 7) is 0. The number of carbonyl (C=O) groups excluding carboxylic acids is 1. The summed E-state index contributed by atoms with van der Waals surface area (Å²) in [5, 5.41) is 0. The molecule has 0 aliphatic heterocycles. The average Bonchev–Trinajstić information content (AvgIpc) is 2.95. The fourth-order valence-corrected chi connectivity index (χ4v) is 1.88. The van der Waals surface area contributed by atoms with E-state index in [1.54, 1.807) is 38.6 Å². The largest absolute Gasteiger partial charge is 0.493 e. The second-order valence-electron chi connectivity index (χ2n) is 3.83. The van der Waals surface area contributed by atoms with Crippen LogP contribution in [0, 0.1) is 0 Å². The molecule has 5 heteroatoms.